The fraction of sp³-hybridized carbons (Fsp3) is 0.741. The standard InChI is InChI=1S/C27H41N3O/c1-20-16-26(20)28-24-12-14-29(15-13-24)17-23-18-30(27(31)22-10-6-3-7-11-22)19-25(23)21-8-4-2-5-9-21/h2,4-5,8-9,20,22-26,28H,3,6-7,10-19H2,1H3/t20?,23-,25+,26?/m0/s1. The van der Waals surface area contributed by atoms with E-state index in [1.807, 2.05) is 0 Å². The second-order valence-electron chi connectivity index (χ2n) is 10.9. The molecule has 4 atom stereocenters. The van der Waals surface area contributed by atoms with Crippen molar-refractivity contribution in [2.75, 3.05) is 32.7 Å². The molecule has 2 aliphatic heterocycles. The van der Waals surface area contributed by atoms with Crippen molar-refractivity contribution >= 4 is 5.91 Å². The molecule has 2 saturated carbocycles. The third kappa shape index (κ3) is 5.17. The average molecular weight is 424 g/mol. The van der Waals surface area contributed by atoms with Gasteiger partial charge in [0, 0.05) is 43.6 Å². The third-order valence-corrected chi connectivity index (χ3v) is 8.57. The summed E-state index contributed by atoms with van der Waals surface area (Å²) < 4.78 is 0. The summed E-state index contributed by atoms with van der Waals surface area (Å²) in [6.45, 7) is 7.77. The van der Waals surface area contributed by atoms with E-state index in [1.165, 1.54) is 57.2 Å². The molecule has 5 rings (SSSR count). The Labute approximate surface area is 188 Å². The fourth-order valence-electron chi connectivity index (χ4n) is 6.39. The number of piperidine rings is 1. The highest BCUT2D eigenvalue weighted by molar-refractivity contribution is 5.79. The van der Waals surface area contributed by atoms with E-state index >= 15 is 0 Å². The van der Waals surface area contributed by atoms with E-state index in [1.54, 1.807) is 0 Å². The Kier molecular flexibility index (Phi) is 6.66. The Balaban J connectivity index is 1.20. The normalized spacial score (nSPS) is 33.0. The van der Waals surface area contributed by atoms with Crippen LogP contribution in [0.25, 0.3) is 0 Å². The lowest BCUT2D eigenvalue weighted by molar-refractivity contribution is -0.135. The number of benzene rings is 1. The molecular formula is C27H41N3O. The molecule has 0 radical (unpaired) electrons. The van der Waals surface area contributed by atoms with E-state index in [-0.39, 0.29) is 5.92 Å². The molecule has 1 amide bonds. The minimum Gasteiger partial charge on any atom is -0.341 e. The summed E-state index contributed by atoms with van der Waals surface area (Å²) in [6, 6.07) is 12.5. The molecule has 2 unspecified atom stereocenters. The zero-order chi connectivity index (χ0) is 21.2. The molecule has 0 spiro atoms. The molecule has 1 N–H and O–H groups in total. The molecule has 4 heteroatoms. The van der Waals surface area contributed by atoms with E-state index in [0.29, 0.717) is 23.8 Å². The van der Waals surface area contributed by atoms with E-state index in [2.05, 4.69) is 52.4 Å². The first-order chi connectivity index (χ1) is 15.2. The maximum atomic E-state index is 13.3. The Morgan fingerprint density at radius 2 is 1.71 bits per heavy atom. The van der Waals surface area contributed by atoms with Crippen LogP contribution in [-0.2, 0) is 4.79 Å². The lowest BCUT2D eigenvalue weighted by Gasteiger charge is -2.35. The smallest absolute Gasteiger partial charge is 0.225 e. The van der Waals surface area contributed by atoms with Crippen LogP contribution in [0.3, 0.4) is 0 Å². The van der Waals surface area contributed by atoms with Crippen molar-refractivity contribution in [3.8, 4) is 0 Å². The van der Waals surface area contributed by atoms with Gasteiger partial charge in [0.05, 0.1) is 0 Å². The predicted octanol–water partition coefficient (Wildman–Crippen LogP) is 4.27. The number of carbonyl (C=O) groups is 1. The Hall–Kier alpha value is -1.39. The fourth-order valence-corrected chi connectivity index (χ4v) is 6.39. The number of likely N-dealkylation sites (tertiary alicyclic amines) is 2. The highest BCUT2D eigenvalue weighted by Crippen LogP contribution is 2.36. The van der Waals surface area contributed by atoms with Crippen LogP contribution in [0.5, 0.6) is 0 Å². The van der Waals surface area contributed by atoms with Gasteiger partial charge in [-0.25, -0.2) is 0 Å². The monoisotopic (exact) mass is 423 g/mol. The topological polar surface area (TPSA) is 35.6 Å². The predicted molar refractivity (Wildman–Crippen MR) is 126 cm³/mol. The number of amides is 1. The summed E-state index contributed by atoms with van der Waals surface area (Å²) in [7, 11) is 0. The van der Waals surface area contributed by atoms with Gasteiger partial charge in [-0.05, 0) is 62.6 Å². The van der Waals surface area contributed by atoms with Crippen molar-refractivity contribution in [3.63, 3.8) is 0 Å². The molecule has 1 aromatic carbocycles. The highest BCUT2D eigenvalue weighted by atomic mass is 16.2. The maximum absolute atomic E-state index is 13.3. The van der Waals surface area contributed by atoms with Crippen molar-refractivity contribution in [2.24, 2.45) is 17.8 Å². The summed E-state index contributed by atoms with van der Waals surface area (Å²) in [5, 5.41) is 3.87. The molecule has 4 fully saturated rings. The number of nitrogens with zero attached hydrogens (tertiary/aromatic N) is 2. The van der Waals surface area contributed by atoms with Crippen LogP contribution in [-0.4, -0.2) is 60.5 Å². The summed E-state index contributed by atoms with van der Waals surface area (Å²) >= 11 is 0. The van der Waals surface area contributed by atoms with Gasteiger partial charge in [-0.2, -0.15) is 0 Å². The zero-order valence-electron chi connectivity index (χ0n) is 19.3. The average Bonchev–Trinajstić information content (AvgIpc) is 3.34. The van der Waals surface area contributed by atoms with Gasteiger partial charge in [-0.1, -0.05) is 56.5 Å². The van der Waals surface area contributed by atoms with Crippen LogP contribution < -0.4 is 5.32 Å². The van der Waals surface area contributed by atoms with Crippen molar-refractivity contribution in [2.45, 2.75) is 76.3 Å². The van der Waals surface area contributed by atoms with Gasteiger partial charge in [-0.3, -0.25) is 4.79 Å². The van der Waals surface area contributed by atoms with Crippen LogP contribution >= 0.6 is 0 Å². The quantitative estimate of drug-likeness (QED) is 0.742. The molecule has 0 aromatic heterocycles. The number of rotatable bonds is 6. The van der Waals surface area contributed by atoms with E-state index in [4.69, 9.17) is 0 Å². The van der Waals surface area contributed by atoms with Crippen molar-refractivity contribution < 1.29 is 4.79 Å². The second kappa shape index (κ2) is 9.62. The minimum atomic E-state index is 0.288. The third-order valence-electron chi connectivity index (χ3n) is 8.57. The van der Waals surface area contributed by atoms with Crippen LogP contribution in [0.1, 0.15) is 69.8 Å². The first kappa shape index (κ1) is 21.5. The summed E-state index contributed by atoms with van der Waals surface area (Å²) in [4.78, 5) is 18.2. The van der Waals surface area contributed by atoms with Gasteiger partial charge in [0.2, 0.25) is 5.91 Å². The summed E-state index contributed by atoms with van der Waals surface area (Å²) in [6.07, 6.45) is 9.91. The molecule has 4 aliphatic rings. The van der Waals surface area contributed by atoms with Crippen LogP contribution in [0.2, 0.25) is 0 Å². The molecule has 0 bridgehead atoms. The summed E-state index contributed by atoms with van der Waals surface area (Å²) in [5.41, 5.74) is 1.42. The van der Waals surface area contributed by atoms with Gasteiger partial charge in [-0.15, -0.1) is 0 Å². The van der Waals surface area contributed by atoms with Gasteiger partial charge >= 0.3 is 0 Å². The molecule has 2 aliphatic carbocycles. The van der Waals surface area contributed by atoms with Gasteiger partial charge in [0.15, 0.2) is 0 Å². The zero-order valence-corrected chi connectivity index (χ0v) is 19.3. The maximum Gasteiger partial charge on any atom is 0.225 e. The van der Waals surface area contributed by atoms with Crippen molar-refractivity contribution in [3.05, 3.63) is 35.9 Å². The molecule has 2 heterocycles. The second-order valence-corrected chi connectivity index (χ2v) is 10.9. The first-order valence-corrected chi connectivity index (χ1v) is 13.0. The van der Waals surface area contributed by atoms with Crippen LogP contribution in [0.15, 0.2) is 30.3 Å². The molecule has 4 nitrogen and oxygen atoms in total. The largest absolute Gasteiger partial charge is 0.341 e. The van der Waals surface area contributed by atoms with Crippen LogP contribution in [0, 0.1) is 17.8 Å². The van der Waals surface area contributed by atoms with Crippen molar-refractivity contribution in [1.82, 2.24) is 15.1 Å². The molecule has 1 aromatic rings. The summed E-state index contributed by atoms with van der Waals surface area (Å²) in [5.74, 6) is 2.66. The van der Waals surface area contributed by atoms with Gasteiger partial charge < -0.3 is 15.1 Å². The minimum absolute atomic E-state index is 0.288. The number of carbonyl (C=O) groups excluding carboxylic acids is 1. The SMILES string of the molecule is CC1CC1NC1CCN(C[C@H]2CN(C(=O)C3CCCCC3)C[C@@H]2c2ccccc2)CC1. The van der Waals surface area contributed by atoms with E-state index in [9.17, 15) is 4.79 Å². The molecule has 170 valence electrons. The molecule has 2 saturated heterocycles. The Morgan fingerprint density at radius 3 is 2.39 bits per heavy atom. The molecule has 31 heavy (non-hydrogen) atoms. The first-order valence-electron chi connectivity index (χ1n) is 13.0. The lowest BCUT2D eigenvalue weighted by Crippen LogP contribution is -2.45. The van der Waals surface area contributed by atoms with E-state index < -0.39 is 0 Å². The number of hydrogen-bond acceptors (Lipinski definition) is 3. The van der Waals surface area contributed by atoms with Gasteiger partial charge in [0.25, 0.3) is 0 Å². The molecular weight excluding hydrogens is 382 g/mol. The van der Waals surface area contributed by atoms with Crippen LogP contribution in [0.4, 0.5) is 0 Å². The van der Waals surface area contributed by atoms with Crippen molar-refractivity contribution in [1.29, 1.82) is 0 Å². The highest BCUT2D eigenvalue weighted by Gasteiger charge is 2.40. The Bertz CT molecular complexity index is 723. The number of hydrogen-bond donors (Lipinski definition) is 1. The van der Waals surface area contributed by atoms with E-state index in [0.717, 1.165) is 44.4 Å². The lowest BCUT2D eigenvalue weighted by atomic mass is 9.88. The van der Waals surface area contributed by atoms with Gasteiger partial charge in [0.1, 0.15) is 0 Å². The Morgan fingerprint density at radius 1 is 1.00 bits per heavy atom. The number of nitrogens with one attached hydrogen (secondary N) is 1.